The van der Waals surface area contributed by atoms with Crippen LogP contribution in [-0.2, 0) is 15.0 Å². The van der Waals surface area contributed by atoms with Crippen LogP contribution in [0.15, 0.2) is 0 Å². The highest BCUT2D eigenvalue weighted by atomic mass is 32.2. The Hall–Kier alpha value is -0.700. The molecule has 0 rings (SSSR count). The summed E-state index contributed by atoms with van der Waals surface area (Å²) in [5.41, 5.74) is 0. The Labute approximate surface area is 103 Å². The molecule has 0 aromatic rings. The molecule has 0 amide bonds. The molecule has 0 saturated carbocycles. The third kappa shape index (κ3) is 9.04. The number of hydrogen-bond acceptors (Lipinski definition) is 4. The Morgan fingerprint density at radius 2 is 1.88 bits per heavy atom. The molecule has 0 aliphatic rings. The average Bonchev–Trinajstić information content (AvgIpc) is 1.96. The van der Waals surface area contributed by atoms with Crippen molar-refractivity contribution in [1.29, 1.82) is 0 Å². The number of carbonyl (C=O) groups is 1. The van der Waals surface area contributed by atoms with E-state index in [2.05, 4.69) is 9.44 Å². The van der Waals surface area contributed by atoms with Crippen LogP contribution < -0.4 is 14.6 Å². The number of carboxylic acids is 1. The molecule has 2 N–H and O–H groups in total. The molecular formula is C9H21N3O4S. The summed E-state index contributed by atoms with van der Waals surface area (Å²) in [6.07, 6.45) is -0.347. The first-order valence-electron chi connectivity index (χ1n) is 5.33. The maximum absolute atomic E-state index is 11.5. The number of carboxylic acid groups (broad SMARTS) is 1. The van der Waals surface area contributed by atoms with Crippen molar-refractivity contribution in [3.05, 3.63) is 0 Å². The Morgan fingerprint density at radius 3 is 2.24 bits per heavy atom. The number of quaternary nitrogens is 1. The summed E-state index contributed by atoms with van der Waals surface area (Å²) in [5, 5.41) is 10.6. The highest BCUT2D eigenvalue weighted by molar-refractivity contribution is 7.87. The molecule has 0 aromatic carbocycles. The van der Waals surface area contributed by atoms with E-state index in [1.165, 1.54) is 0 Å². The van der Waals surface area contributed by atoms with E-state index in [4.69, 9.17) is 0 Å². The zero-order valence-corrected chi connectivity index (χ0v) is 11.5. The number of likely N-dealkylation sites (N-methyl/N-ethyl adjacent to an activating group) is 1. The molecular weight excluding hydrogens is 246 g/mol. The second-order valence-corrected chi connectivity index (χ2v) is 6.40. The molecule has 0 saturated heterocycles. The van der Waals surface area contributed by atoms with Gasteiger partial charge in [-0.15, -0.1) is 0 Å². The van der Waals surface area contributed by atoms with Crippen molar-refractivity contribution in [3.63, 3.8) is 0 Å². The molecule has 102 valence electrons. The van der Waals surface area contributed by atoms with Gasteiger partial charge in [-0.1, -0.05) is 6.92 Å². The first-order valence-corrected chi connectivity index (χ1v) is 6.81. The van der Waals surface area contributed by atoms with Crippen molar-refractivity contribution in [1.82, 2.24) is 9.44 Å². The normalized spacial score (nSPS) is 14.6. The van der Waals surface area contributed by atoms with E-state index in [9.17, 15) is 18.3 Å². The van der Waals surface area contributed by atoms with Gasteiger partial charge in [0, 0.05) is 18.9 Å². The molecule has 7 nitrogen and oxygen atoms in total. The summed E-state index contributed by atoms with van der Waals surface area (Å²) in [5.74, 6) is -1.28. The summed E-state index contributed by atoms with van der Waals surface area (Å²) in [6.45, 7) is 2.25. The highest BCUT2D eigenvalue weighted by Gasteiger charge is 2.23. The van der Waals surface area contributed by atoms with Crippen LogP contribution in [0.3, 0.4) is 0 Å². The summed E-state index contributed by atoms with van der Waals surface area (Å²) in [7, 11) is 1.90. The third-order valence-corrected chi connectivity index (χ3v) is 3.15. The van der Waals surface area contributed by atoms with Crippen molar-refractivity contribution < 1.29 is 22.8 Å². The maximum Gasteiger partial charge on any atom is 0.277 e. The third-order valence-electron chi connectivity index (χ3n) is 1.84. The van der Waals surface area contributed by atoms with E-state index < -0.39 is 22.2 Å². The smallest absolute Gasteiger partial charge is 0.277 e. The van der Waals surface area contributed by atoms with Crippen LogP contribution in [0, 0.1) is 0 Å². The molecule has 0 spiro atoms. The van der Waals surface area contributed by atoms with Gasteiger partial charge in [-0.05, 0) is 0 Å². The van der Waals surface area contributed by atoms with Crippen LogP contribution in [-0.4, -0.2) is 59.1 Å². The predicted molar refractivity (Wildman–Crippen MR) is 62.0 cm³/mol. The van der Waals surface area contributed by atoms with Gasteiger partial charge in [0.25, 0.3) is 10.2 Å². The van der Waals surface area contributed by atoms with Crippen molar-refractivity contribution in [2.45, 2.75) is 19.4 Å². The van der Waals surface area contributed by atoms with Gasteiger partial charge < -0.3 is 14.4 Å². The van der Waals surface area contributed by atoms with Gasteiger partial charge in [-0.3, -0.25) is 0 Å². The lowest BCUT2D eigenvalue weighted by Gasteiger charge is -2.29. The lowest BCUT2D eigenvalue weighted by molar-refractivity contribution is -0.871. The van der Waals surface area contributed by atoms with E-state index in [-0.39, 0.29) is 13.0 Å². The fourth-order valence-corrected chi connectivity index (χ4v) is 2.52. The second kappa shape index (κ2) is 6.29. The fourth-order valence-electron chi connectivity index (χ4n) is 1.46. The van der Waals surface area contributed by atoms with Gasteiger partial charge in [-0.25, -0.2) is 4.72 Å². The highest BCUT2D eigenvalue weighted by Crippen LogP contribution is 2.00. The van der Waals surface area contributed by atoms with Crippen molar-refractivity contribution in [2.75, 3.05) is 34.2 Å². The van der Waals surface area contributed by atoms with E-state index in [0.717, 1.165) is 0 Å². The Bertz CT molecular complexity index is 348. The largest absolute Gasteiger partial charge is 0.550 e. The number of hydrogen-bond donors (Lipinski definition) is 2. The molecule has 0 aliphatic carbocycles. The van der Waals surface area contributed by atoms with E-state index in [1.807, 2.05) is 21.1 Å². The van der Waals surface area contributed by atoms with Gasteiger partial charge in [0.2, 0.25) is 0 Å². The topological polar surface area (TPSA) is 98.3 Å². The Balaban J connectivity index is 4.65. The summed E-state index contributed by atoms with van der Waals surface area (Å²) < 4.78 is 27.9. The molecule has 0 fully saturated rings. The molecule has 0 heterocycles. The van der Waals surface area contributed by atoms with E-state index >= 15 is 0 Å². The van der Waals surface area contributed by atoms with Crippen LogP contribution >= 0.6 is 0 Å². The second-order valence-electron chi connectivity index (χ2n) is 4.87. The van der Waals surface area contributed by atoms with Gasteiger partial charge in [0.1, 0.15) is 0 Å². The Morgan fingerprint density at radius 1 is 1.35 bits per heavy atom. The Kier molecular flexibility index (Phi) is 6.03. The van der Waals surface area contributed by atoms with E-state index in [0.29, 0.717) is 11.0 Å². The quantitative estimate of drug-likeness (QED) is 0.481. The molecule has 0 aliphatic heterocycles. The first-order chi connectivity index (χ1) is 7.56. The number of carbonyl (C=O) groups excluding carboxylic acids is 1. The van der Waals surface area contributed by atoms with Crippen molar-refractivity contribution in [3.8, 4) is 0 Å². The number of nitrogens with one attached hydrogen (secondary N) is 2. The first kappa shape index (κ1) is 16.3. The van der Waals surface area contributed by atoms with Crippen LogP contribution in [0.5, 0.6) is 0 Å². The average molecular weight is 267 g/mol. The monoisotopic (exact) mass is 267 g/mol. The zero-order chi connectivity index (χ0) is 13.7. The number of aliphatic carboxylic acids is 1. The molecule has 1 unspecified atom stereocenters. The van der Waals surface area contributed by atoms with Gasteiger partial charge in [0.15, 0.2) is 0 Å². The van der Waals surface area contributed by atoms with Crippen molar-refractivity contribution in [2.24, 2.45) is 0 Å². The molecule has 17 heavy (non-hydrogen) atoms. The molecule has 8 heteroatoms. The minimum Gasteiger partial charge on any atom is -0.550 e. The van der Waals surface area contributed by atoms with Crippen molar-refractivity contribution >= 4 is 16.2 Å². The van der Waals surface area contributed by atoms with Crippen LogP contribution in [0.25, 0.3) is 0 Å². The SMILES string of the molecule is CCNS(=O)(=O)NC(CC(=O)[O-])C[N+](C)(C)C. The van der Waals surface area contributed by atoms with Gasteiger partial charge >= 0.3 is 0 Å². The maximum atomic E-state index is 11.5. The van der Waals surface area contributed by atoms with E-state index in [1.54, 1.807) is 6.92 Å². The minimum absolute atomic E-state index is 0.248. The van der Waals surface area contributed by atoms with Crippen LogP contribution in [0.1, 0.15) is 13.3 Å². The van der Waals surface area contributed by atoms with Crippen LogP contribution in [0.2, 0.25) is 0 Å². The standard InChI is InChI=1S/C9H21N3O4S/c1-5-10-17(15,16)11-8(6-9(13)14)7-12(2,3)4/h8,10-11H,5-7H2,1-4H3. The summed E-state index contributed by atoms with van der Waals surface area (Å²) in [6, 6.07) is -0.691. The lowest BCUT2D eigenvalue weighted by atomic mass is 10.2. The summed E-state index contributed by atoms with van der Waals surface area (Å²) >= 11 is 0. The van der Waals surface area contributed by atoms with Crippen LogP contribution in [0.4, 0.5) is 0 Å². The summed E-state index contributed by atoms with van der Waals surface area (Å²) in [4.78, 5) is 10.6. The minimum atomic E-state index is -3.65. The molecule has 0 aromatic heterocycles. The number of nitrogens with zero attached hydrogens (tertiary/aromatic N) is 1. The van der Waals surface area contributed by atoms with Gasteiger partial charge in [0.05, 0.1) is 33.7 Å². The lowest BCUT2D eigenvalue weighted by Crippen LogP contribution is -2.53. The predicted octanol–water partition coefficient (Wildman–Crippen LogP) is -2.35. The molecule has 0 radical (unpaired) electrons. The van der Waals surface area contributed by atoms with Gasteiger partial charge in [-0.2, -0.15) is 13.1 Å². The fraction of sp³-hybridized carbons (Fsp3) is 0.889. The number of rotatable bonds is 8. The molecule has 1 atom stereocenters. The zero-order valence-electron chi connectivity index (χ0n) is 10.7. The molecule has 0 bridgehead atoms.